The number of hydrogen-bond donors (Lipinski definition) is 1. The van der Waals surface area contributed by atoms with E-state index < -0.39 is 11.2 Å². The maximum absolute atomic E-state index is 12.7. The van der Waals surface area contributed by atoms with Gasteiger partial charge in [0.05, 0.1) is 11.6 Å². The number of aryl methyl sites for hydroxylation is 1. The predicted molar refractivity (Wildman–Crippen MR) is 117 cm³/mol. The molecular weight excluding hydrogens is 380 g/mol. The van der Waals surface area contributed by atoms with Crippen LogP contribution in [0.15, 0.2) is 47.4 Å². The molecule has 6 nitrogen and oxygen atoms in total. The maximum Gasteiger partial charge on any atom is 0.410 e. The van der Waals surface area contributed by atoms with Gasteiger partial charge in [0.1, 0.15) is 5.60 Å². The lowest BCUT2D eigenvalue weighted by molar-refractivity contribution is -0.0859. The van der Waals surface area contributed by atoms with Crippen LogP contribution < -0.4 is 5.56 Å². The third-order valence-electron chi connectivity index (χ3n) is 5.77. The van der Waals surface area contributed by atoms with Gasteiger partial charge in [-0.25, -0.2) is 4.79 Å². The molecule has 2 atom stereocenters. The van der Waals surface area contributed by atoms with Crippen molar-refractivity contribution in [3.8, 4) is 11.1 Å². The van der Waals surface area contributed by atoms with Crippen molar-refractivity contribution in [1.29, 1.82) is 0 Å². The fourth-order valence-electron chi connectivity index (χ4n) is 4.24. The van der Waals surface area contributed by atoms with Crippen molar-refractivity contribution >= 4 is 6.09 Å². The van der Waals surface area contributed by atoms with E-state index in [1.54, 1.807) is 29.4 Å². The van der Waals surface area contributed by atoms with Crippen LogP contribution in [-0.4, -0.2) is 38.4 Å². The minimum Gasteiger partial charge on any atom is -0.443 e. The lowest BCUT2D eigenvalue weighted by atomic mass is 9.87. The van der Waals surface area contributed by atoms with Crippen molar-refractivity contribution in [2.75, 3.05) is 6.54 Å². The molecule has 1 fully saturated rings. The maximum atomic E-state index is 12.7. The van der Waals surface area contributed by atoms with E-state index in [0.717, 1.165) is 16.7 Å². The minimum atomic E-state index is -0.890. The van der Waals surface area contributed by atoms with Crippen molar-refractivity contribution in [3.63, 3.8) is 0 Å². The molecule has 3 rings (SSSR count). The molecule has 0 saturated carbocycles. The molecule has 162 valence electrons. The standard InChI is InChI=1S/C24H32N2O4/c1-6-25-15-20(11-12-21(25)27)19-9-7-18(8-10-19)17(2)26-14-13-24(5,30-22(26)28)16-23(3,4)29/h7-12,15,17,29H,6,13-14,16H2,1-5H3/t17-,24-/m0/s1. The van der Waals surface area contributed by atoms with E-state index in [2.05, 4.69) is 0 Å². The Morgan fingerprint density at radius 1 is 1.13 bits per heavy atom. The molecule has 0 spiro atoms. The first-order valence-corrected chi connectivity index (χ1v) is 10.5. The fourth-order valence-corrected chi connectivity index (χ4v) is 4.24. The third kappa shape index (κ3) is 4.93. The Bertz CT molecular complexity index is 958. The Labute approximate surface area is 178 Å². The van der Waals surface area contributed by atoms with Crippen LogP contribution in [0.4, 0.5) is 4.79 Å². The average Bonchev–Trinajstić information content (AvgIpc) is 2.66. The third-order valence-corrected chi connectivity index (χ3v) is 5.77. The molecule has 1 saturated heterocycles. The summed E-state index contributed by atoms with van der Waals surface area (Å²) in [6.45, 7) is 10.5. The molecule has 2 heterocycles. The highest BCUT2D eigenvalue weighted by atomic mass is 16.6. The van der Waals surface area contributed by atoms with Crippen LogP contribution >= 0.6 is 0 Å². The summed E-state index contributed by atoms with van der Waals surface area (Å²) in [4.78, 5) is 26.2. The van der Waals surface area contributed by atoms with Crippen LogP contribution in [-0.2, 0) is 11.3 Å². The molecule has 0 unspecified atom stereocenters. The summed E-state index contributed by atoms with van der Waals surface area (Å²) in [5, 5.41) is 10.1. The van der Waals surface area contributed by atoms with Crippen molar-refractivity contribution in [3.05, 3.63) is 58.5 Å². The zero-order valence-corrected chi connectivity index (χ0v) is 18.5. The van der Waals surface area contributed by atoms with Gasteiger partial charge in [0, 0.05) is 38.2 Å². The molecular formula is C24H32N2O4. The van der Waals surface area contributed by atoms with E-state index in [1.807, 2.05) is 57.3 Å². The second-order valence-electron chi connectivity index (χ2n) is 9.09. The molecule has 2 aromatic rings. The number of aliphatic hydroxyl groups is 1. The van der Waals surface area contributed by atoms with Gasteiger partial charge in [-0.05, 0) is 57.4 Å². The number of pyridine rings is 1. The number of aromatic nitrogens is 1. The van der Waals surface area contributed by atoms with Gasteiger partial charge in [-0.2, -0.15) is 0 Å². The van der Waals surface area contributed by atoms with Gasteiger partial charge in [0.25, 0.3) is 5.56 Å². The van der Waals surface area contributed by atoms with E-state index in [1.165, 1.54) is 0 Å². The Kier molecular flexibility index (Phi) is 6.09. The van der Waals surface area contributed by atoms with Gasteiger partial charge >= 0.3 is 6.09 Å². The number of hydrogen-bond acceptors (Lipinski definition) is 4. The summed E-state index contributed by atoms with van der Waals surface area (Å²) in [6, 6.07) is 11.3. The van der Waals surface area contributed by atoms with E-state index >= 15 is 0 Å². The van der Waals surface area contributed by atoms with Gasteiger partial charge < -0.3 is 19.3 Å². The van der Waals surface area contributed by atoms with Gasteiger partial charge in [-0.3, -0.25) is 4.79 Å². The molecule has 1 aromatic carbocycles. The zero-order chi connectivity index (χ0) is 22.1. The van der Waals surface area contributed by atoms with E-state index in [9.17, 15) is 14.7 Å². The van der Waals surface area contributed by atoms with Gasteiger partial charge in [-0.15, -0.1) is 0 Å². The zero-order valence-electron chi connectivity index (χ0n) is 18.5. The smallest absolute Gasteiger partial charge is 0.410 e. The Hall–Kier alpha value is -2.60. The summed E-state index contributed by atoms with van der Waals surface area (Å²) in [5.74, 6) is 0. The molecule has 1 aliphatic rings. The Balaban J connectivity index is 1.73. The quantitative estimate of drug-likeness (QED) is 0.765. The van der Waals surface area contributed by atoms with Crippen LogP contribution in [0.1, 0.15) is 59.1 Å². The average molecular weight is 413 g/mol. The highest BCUT2D eigenvalue weighted by molar-refractivity contribution is 5.70. The lowest BCUT2D eigenvalue weighted by Gasteiger charge is -2.43. The summed E-state index contributed by atoms with van der Waals surface area (Å²) in [6.07, 6.45) is 2.60. The molecule has 6 heteroatoms. The summed E-state index contributed by atoms with van der Waals surface area (Å²) in [5.41, 5.74) is 1.47. The summed E-state index contributed by atoms with van der Waals surface area (Å²) >= 11 is 0. The largest absolute Gasteiger partial charge is 0.443 e. The van der Waals surface area contributed by atoms with Gasteiger partial charge in [-0.1, -0.05) is 24.3 Å². The van der Waals surface area contributed by atoms with Crippen LogP contribution in [0.3, 0.4) is 0 Å². The number of carbonyl (C=O) groups excluding carboxylic acids is 1. The van der Waals surface area contributed by atoms with Crippen LogP contribution in [0.25, 0.3) is 11.1 Å². The van der Waals surface area contributed by atoms with Crippen molar-refractivity contribution in [2.24, 2.45) is 0 Å². The molecule has 0 radical (unpaired) electrons. The molecule has 1 aliphatic heterocycles. The first kappa shape index (κ1) is 22.1. The second-order valence-corrected chi connectivity index (χ2v) is 9.09. The number of nitrogens with zero attached hydrogens (tertiary/aromatic N) is 2. The van der Waals surface area contributed by atoms with Gasteiger partial charge in [0.2, 0.25) is 0 Å². The van der Waals surface area contributed by atoms with E-state index in [-0.39, 0.29) is 17.7 Å². The number of amides is 1. The number of cyclic esters (lactones) is 1. The topological polar surface area (TPSA) is 71.8 Å². The monoisotopic (exact) mass is 412 g/mol. The highest BCUT2D eigenvalue weighted by Gasteiger charge is 2.41. The van der Waals surface area contributed by atoms with E-state index in [4.69, 9.17) is 4.74 Å². The molecule has 30 heavy (non-hydrogen) atoms. The molecule has 0 bridgehead atoms. The number of rotatable bonds is 6. The summed E-state index contributed by atoms with van der Waals surface area (Å²) < 4.78 is 7.41. The minimum absolute atomic E-state index is 0.00770. The molecule has 1 amide bonds. The molecule has 0 aliphatic carbocycles. The Morgan fingerprint density at radius 3 is 2.33 bits per heavy atom. The van der Waals surface area contributed by atoms with Crippen LogP contribution in [0, 0.1) is 0 Å². The van der Waals surface area contributed by atoms with E-state index in [0.29, 0.717) is 25.9 Å². The van der Waals surface area contributed by atoms with Crippen LogP contribution in [0.2, 0.25) is 0 Å². The predicted octanol–water partition coefficient (Wildman–Crippen LogP) is 4.36. The number of benzene rings is 1. The summed E-state index contributed by atoms with van der Waals surface area (Å²) in [7, 11) is 0. The SMILES string of the molecule is CCn1cc(-c2ccc([C@H](C)N3CC[C@@](C)(CC(C)(C)O)OC3=O)cc2)ccc1=O. The fraction of sp³-hybridized carbons (Fsp3) is 0.500. The normalized spacial score (nSPS) is 20.7. The van der Waals surface area contributed by atoms with Crippen molar-refractivity contribution < 1.29 is 14.6 Å². The highest BCUT2D eigenvalue weighted by Crippen LogP contribution is 2.35. The van der Waals surface area contributed by atoms with Crippen molar-refractivity contribution in [2.45, 2.75) is 71.2 Å². The van der Waals surface area contributed by atoms with Gasteiger partial charge in [0.15, 0.2) is 0 Å². The first-order chi connectivity index (χ1) is 14.0. The second kappa shape index (κ2) is 8.26. The van der Waals surface area contributed by atoms with Crippen LogP contribution in [0.5, 0.6) is 0 Å². The van der Waals surface area contributed by atoms with Crippen molar-refractivity contribution in [1.82, 2.24) is 9.47 Å². The first-order valence-electron chi connectivity index (χ1n) is 10.5. The molecule has 1 N–H and O–H groups in total. The lowest BCUT2D eigenvalue weighted by Crippen LogP contribution is -2.51. The molecule has 1 aromatic heterocycles. The number of carbonyl (C=O) groups is 1. The Morgan fingerprint density at radius 2 is 1.77 bits per heavy atom. The number of ether oxygens (including phenoxy) is 1.